The second kappa shape index (κ2) is 9.91. The van der Waals surface area contributed by atoms with Crippen molar-refractivity contribution in [3.63, 3.8) is 0 Å². The number of nitrogens with zero attached hydrogens (tertiary/aromatic N) is 1. The molecule has 2 N–H and O–H groups in total. The minimum absolute atomic E-state index is 0.0369. The number of oxime groups is 1. The zero-order valence-corrected chi connectivity index (χ0v) is 14.9. The smallest absolute Gasteiger partial charge is 0.412 e. The lowest BCUT2D eigenvalue weighted by atomic mass is 10.0. The number of anilines is 1. The number of benzene rings is 2. The summed E-state index contributed by atoms with van der Waals surface area (Å²) in [6.07, 6.45) is -0.370. The van der Waals surface area contributed by atoms with Gasteiger partial charge in [0.2, 0.25) is 0 Å². The van der Waals surface area contributed by atoms with Gasteiger partial charge in [-0.05, 0) is 30.2 Å². The highest BCUT2D eigenvalue weighted by atomic mass is 19.1. The number of carbonyl (C=O) groups excluding carboxylic acids is 2. The normalized spacial score (nSPS) is 11.7. The number of amides is 2. The molecule has 0 aromatic heterocycles. The third-order valence-corrected chi connectivity index (χ3v) is 3.60. The molecule has 0 fully saturated rings. The molecule has 142 valence electrons. The van der Waals surface area contributed by atoms with Gasteiger partial charge in [0.1, 0.15) is 24.7 Å². The van der Waals surface area contributed by atoms with Crippen LogP contribution >= 0.6 is 0 Å². The molecular weight excluding hydrogens is 353 g/mol. The van der Waals surface area contributed by atoms with E-state index in [1.165, 1.54) is 25.2 Å². The number of para-hydroxylation sites is 1. The van der Waals surface area contributed by atoms with Crippen molar-refractivity contribution in [3.8, 4) is 0 Å². The third-order valence-electron chi connectivity index (χ3n) is 3.60. The molecule has 2 aromatic rings. The molecule has 2 aromatic carbocycles. The fourth-order valence-electron chi connectivity index (χ4n) is 2.24. The van der Waals surface area contributed by atoms with Crippen LogP contribution in [-0.4, -0.2) is 25.3 Å². The Morgan fingerprint density at radius 3 is 2.63 bits per heavy atom. The zero-order chi connectivity index (χ0) is 19.6. The van der Waals surface area contributed by atoms with Crippen LogP contribution < -0.4 is 10.6 Å². The van der Waals surface area contributed by atoms with Crippen LogP contribution in [0.4, 0.5) is 14.9 Å². The first-order chi connectivity index (χ1) is 13.0. The standard InChI is InChI=1S/C19H20FN3O4/c1-13(27-19(25)23-17-10-6-5-9-16(17)20)15-8-4-3-7-14(15)12-26-22-11-18(24)21-2/h3-11,13H,12H2,1-2H3,(H,21,24)(H,23,25)/b22-11+. The minimum atomic E-state index is -0.777. The van der Waals surface area contributed by atoms with E-state index in [2.05, 4.69) is 15.8 Å². The van der Waals surface area contributed by atoms with Gasteiger partial charge in [-0.3, -0.25) is 10.1 Å². The van der Waals surface area contributed by atoms with Gasteiger partial charge >= 0.3 is 6.09 Å². The molecule has 2 rings (SSSR count). The van der Waals surface area contributed by atoms with Gasteiger partial charge in [-0.25, -0.2) is 9.18 Å². The molecule has 0 radical (unpaired) electrons. The lowest BCUT2D eigenvalue weighted by Gasteiger charge is -2.17. The van der Waals surface area contributed by atoms with E-state index in [9.17, 15) is 14.0 Å². The molecule has 0 saturated carbocycles. The fraction of sp³-hybridized carbons (Fsp3) is 0.211. The highest BCUT2D eigenvalue weighted by Crippen LogP contribution is 2.23. The predicted octanol–water partition coefficient (Wildman–Crippen LogP) is 3.38. The summed E-state index contributed by atoms with van der Waals surface area (Å²) in [5.41, 5.74) is 1.48. The lowest BCUT2D eigenvalue weighted by molar-refractivity contribution is -0.114. The summed E-state index contributed by atoms with van der Waals surface area (Å²) in [5.74, 6) is -0.935. The Morgan fingerprint density at radius 1 is 1.19 bits per heavy atom. The Hall–Kier alpha value is -3.42. The van der Waals surface area contributed by atoms with Crippen LogP contribution in [-0.2, 0) is 21.0 Å². The average Bonchev–Trinajstić information content (AvgIpc) is 2.67. The molecular formula is C19H20FN3O4. The Balaban J connectivity index is 1.98. The SMILES string of the molecule is CNC(=O)/C=N/OCc1ccccc1C(C)OC(=O)Nc1ccccc1F. The Morgan fingerprint density at radius 2 is 1.89 bits per heavy atom. The van der Waals surface area contributed by atoms with Gasteiger partial charge in [0.05, 0.1) is 5.69 Å². The average molecular weight is 373 g/mol. The molecule has 0 aliphatic carbocycles. The first-order valence-electron chi connectivity index (χ1n) is 8.18. The number of nitrogens with one attached hydrogen (secondary N) is 2. The van der Waals surface area contributed by atoms with Gasteiger partial charge in [-0.15, -0.1) is 0 Å². The number of halogens is 1. The van der Waals surface area contributed by atoms with Crippen LogP contribution in [0, 0.1) is 5.82 Å². The molecule has 0 aliphatic rings. The lowest BCUT2D eigenvalue weighted by Crippen LogP contribution is -2.18. The highest BCUT2D eigenvalue weighted by molar-refractivity contribution is 6.25. The number of hydrogen-bond acceptors (Lipinski definition) is 5. The van der Waals surface area contributed by atoms with Crippen molar-refractivity contribution in [2.45, 2.75) is 19.6 Å². The van der Waals surface area contributed by atoms with E-state index in [0.717, 1.165) is 11.8 Å². The van der Waals surface area contributed by atoms with E-state index in [1.807, 2.05) is 0 Å². The molecule has 27 heavy (non-hydrogen) atoms. The molecule has 2 amide bonds. The maximum Gasteiger partial charge on any atom is 0.412 e. The topological polar surface area (TPSA) is 89.0 Å². The summed E-state index contributed by atoms with van der Waals surface area (Å²) in [7, 11) is 1.48. The van der Waals surface area contributed by atoms with Gasteiger partial charge in [-0.2, -0.15) is 0 Å². The second-order valence-electron chi connectivity index (χ2n) is 5.47. The zero-order valence-electron chi connectivity index (χ0n) is 14.9. The van der Waals surface area contributed by atoms with Crippen molar-refractivity contribution in [2.24, 2.45) is 5.16 Å². The van der Waals surface area contributed by atoms with Crippen LogP contribution in [0.15, 0.2) is 53.7 Å². The van der Waals surface area contributed by atoms with Crippen LogP contribution in [0.2, 0.25) is 0 Å². The molecule has 1 unspecified atom stereocenters. The summed E-state index contributed by atoms with van der Waals surface area (Å²) in [5, 5.41) is 8.31. The van der Waals surface area contributed by atoms with E-state index >= 15 is 0 Å². The monoisotopic (exact) mass is 373 g/mol. The van der Waals surface area contributed by atoms with Crippen molar-refractivity contribution in [1.82, 2.24) is 5.32 Å². The maximum absolute atomic E-state index is 13.6. The summed E-state index contributed by atoms with van der Waals surface area (Å²) in [6.45, 7) is 1.78. The third kappa shape index (κ3) is 6.10. The van der Waals surface area contributed by atoms with E-state index in [0.29, 0.717) is 5.56 Å². The molecule has 1 atom stereocenters. The molecule has 8 heteroatoms. The quantitative estimate of drug-likeness (QED) is 0.575. The summed E-state index contributed by atoms with van der Waals surface area (Å²) >= 11 is 0. The Bertz CT molecular complexity index is 826. The Labute approximate surface area is 156 Å². The van der Waals surface area contributed by atoms with Crippen molar-refractivity contribution in [3.05, 3.63) is 65.5 Å². The maximum atomic E-state index is 13.6. The van der Waals surface area contributed by atoms with Gasteiger partial charge < -0.3 is 14.9 Å². The molecule has 0 saturated heterocycles. The van der Waals surface area contributed by atoms with Crippen molar-refractivity contribution >= 4 is 23.9 Å². The fourth-order valence-corrected chi connectivity index (χ4v) is 2.24. The van der Waals surface area contributed by atoms with Crippen molar-refractivity contribution in [2.75, 3.05) is 12.4 Å². The van der Waals surface area contributed by atoms with Gasteiger partial charge in [0, 0.05) is 7.05 Å². The molecule has 0 spiro atoms. The van der Waals surface area contributed by atoms with Gasteiger partial charge in [0.25, 0.3) is 5.91 Å². The van der Waals surface area contributed by atoms with Crippen molar-refractivity contribution in [1.29, 1.82) is 0 Å². The minimum Gasteiger partial charge on any atom is -0.441 e. The largest absolute Gasteiger partial charge is 0.441 e. The Kier molecular flexibility index (Phi) is 7.30. The summed E-state index contributed by atoms with van der Waals surface area (Å²) < 4.78 is 18.9. The van der Waals surface area contributed by atoms with Gasteiger partial charge in [-0.1, -0.05) is 41.6 Å². The van der Waals surface area contributed by atoms with Crippen molar-refractivity contribution < 1.29 is 23.6 Å². The highest BCUT2D eigenvalue weighted by Gasteiger charge is 2.16. The van der Waals surface area contributed by atoms with E-state index in [-0.39, 0.29) is 18.2 Å². The number of ether oxygens (including phenoxy) is 1. The predicted molar refractivity (Wildman–Crippen MR) is 98.7 cm³/mol. The summed E-state index contributed by atoms with van der Waals surface area (Å²) in [4.78, 5) is 28.2. The van der Waals surface area contributed by atoms with Crippen LogP contribution in [0.5, 0.6) is 0 Å². The molecule has 7 nitrogen and oxygen atoms in total. The first-order valence-corrected chi connectivity index (χ1v) is 8.18. The second-order valence-corrected chi connectivity index (χ2v) is 5.47. The molecule has 0 aliphatic heterocycles. The molecule has 0 bridgehead atoms. The first kappa shape index (κ1) is 19.9. The molecule has 0 heterocycles. The van der Waals surface area contributed by atoms with Crippen LogP contribution in [0.3, 0.4) is 0 Å². The number of rotatable bonds is 7. The van der Waals surface area contributed by atoms with E-state index < -0.39 is 18.0 Å². The van der Waals surface area contributed by atoms with Gasteiger partial charge in [0.15, 0.2) is 0 Å². The number of hydrogen-bond donors (Lipinski definition) is 2. The van der Waals surface area contributed by atoms with E-state index in [1.54, 1.807) is 37.3 Å². The van der Waals surface area contributed by atoms with E-state index in [4.69, 9.17) is 9.57 Å². The summed E-state index contributed by atoms with van der Waals surface area (Å²) in [6, 6.07) is 13.0. The number of carbonyl (C=O) groups is 2. The van der Waals surface area contributed by atoms with Crippen LogP contribution in [0.25, 0.3) is 0 Å². The van der Waals surface area contributed by atoms with Crippen LogP contribution in [0.1, 0.15) is 24.2 Å².